The molecule has 1 saturated heterocycles. The van der Waals surface area contributed by atoms with Crippen LogP contribution in [-0.2, 0) is 21.3 Å². The van der Waals surface area contributed by atoms with Gasteiger partial charge < -0.3 is 15.8 Å². The number of nitrogens with two attached hydrogens (primary N) is 1. The molecule has 0 saturated carbocycles. The highest BCUT2D eigenvalue weighted by atomic mass is 32.2. The second-order valence-corrected chi connectivity index (χ2v) is 9.05. The highest BCUT2D eigenvalue weighted by Gasteiger charge is 2.27. The lowest BCUT2D eigenvalue weighted by Crippen LogP contribution is -2.40. The summed E-state index contributed by atoms with van der Waals surface area (Å²) in [6.45, 7) is 7.00. The summed E-state index contributed by atoms with van der Waals surface area (Å²) < 4.78 is 32.1. The van der Waals surface area contributed by atoms with Gasteiger partial charge >= 0.3 is 0 Å². The van der Waals surface area contributed by atoms with Gasteiger partial charge in [-0.1, -0.05) is 13.8 Å². The molecule has 23 heavy (non-hydrogen) atoms. The number of morpholine rings is 1. The van der Waals surface area contributed by atoms with Crippen molar-refractivity contribution in [3.8, 4) is 0 Å². The summed E-state index contributed by atoms with van der Waals surface area (Å²) in [5.41, 5.74) is 5.78. The first-order chi connectivity index (χ1) is 10.9. The molecule has 0 amide bonds. The van der Waals surface area contributed by atoms with Crippen LogP contribution in [-0.4, -0.2) is 51.5 Å². The Hall–Kier alpha value is -1.16. The Bertz CT molecular complexity index is 634. The minimum absolute atomic E-state index is 0.346. The average Bonchev–Trinajstić information content (AvgIpc) is 3.01. The van der Waals surface area contributed by atoms with Crippen LogP contribution in [0.1, 0.15) is 18.7 Å². The summed E-state index contributed by atoms with van der Waals surface area (Å²) >= 11 is 1.24. The lowest BCUT2D eigenvalue weighted by Gasteiger charge is -2.25. The predicted octanol–water partition coefficient (Wildman–Crippen LogP) is 0.829. The maximum atomic E-state index is 12.5. The van der Waals surface area contributed by atoms with Gasteiger partial charge in [0.1, 0.15) is 4.21 Å². The quantitative estimate of drug-likeness (QED) is 0.578. The summed E-state index contributed by atoms with van der Waals surface area (Å²) in [6, 6.07) is 3.43. The van der Waals surface area contributed by atoms with Crippen LogP contribution in [0.3, 0.4) is 0 Å². The zero-order valence-corrected chi connectivity index (χ0v) is 15.1. The molecule has 3 N–H and O–H groups in total. The smallest absolute Gasteiger partial charge is 0.252 e. The van der Waals surface area contributed by atoms with E-state index in [0.717, 1.165) is 11.4 Å². The molecule has 0 radical (unpaired) electrons. The molecule has 0 aromatic carbocycles. The molecule has 1 aromatic rings. The monoisotopic (exact) mass is 360 g/mol. The van der Waals surface area contributed by atoms with Crippen LogP contribution < -0.4 is 11.1 Å². The van der Waals surface area contributed by atoms with Crippen molar-refractivity contribution in [3.05, 3.63) is 17.0 Å². The molecular weight excluding hydrogens is 336 g/mol. The molecule has 0 spiro atoms. The highest BCUT2D eigenvalue weighted by molar-refractivity contribution is 7.91. The van der Waals surface area contributed by atoms with Gasteiger partial charge in [-0.3, -0.25) is 0 Å². The summed E-state index contributed by atoms with van der Waals surface area (Å²) in [4.78, 5) is 5.11. The zero-order valence-electron chi connectivity index (χ0n) is 13.5. The van der Waals surface area contributed by atoms with Crippen molar-refractivity contribution in [1.82, 2.24) is 9.62 Å². The van der Waals surface area contributed by atoms with Crippen LogP contribution in [0.2, 0.25) is 0 Å². The third-order valence-corrected chi connectivity index (χ3v) is 6.73. The van der Waals surface area contributed by atoms with Gasteiger partial charge in [0, 0.05) is 24.5 Å². The van der Waals surface area contributed by atoms with E-state index in [1.54, 1.807) is 12.1 Å². The van der Waals surface area contributed by atoms with Crippen LogP contribution in [0.4, 0.5) is 0 Å². The first-order valence-corrected chi connectivity index (χ1v) is 9.85. The molecule has 1 aromatic heterocycles. The van der Waals surface area contributed by atoms with E-state index in [0.29, 0.717) is 48.9 Å². The summed E-state index contributed by atoms with van der Waals surface area (Å²) in [7, 11) is -3.42. The van der Waals surface area contributed by atoms with E-state index in [9.17, 15) is 8.42 Å². The predicted molar refractivity (Wildman–Crippen MR) is 92.1 cm³/mol. The number of aliphatic imine (C=N–C) groups is 1. The fraction of sp³-hybridized carbons (Fsp3) is 0.643. The van der Waals surface area contributed by atoms with Crippen LogP contribution >= 0.6 is 11.3 Å². The summed E-state index contributed by atoms with van der Waals surface area (Å²) in [5.74, 6) is 0.862. The third-order valence-electron chi connectivity index (χ3n) is 3.30. The van der Waals surface area contributed by atoms with Crippen LogP contribution in [0, 0.1) is 5.92 Å². The fourth-order valence-electron chi connectivity index (χ4n) is 2.02. The molecule has 1 aliphatic heterocycles. The second-order valence-electron chi connectivity index (χ2n) is 5.71. The second kappa shape index (κ2) is 8.09. The molecule has 130 valence electrons. The maximum Gasteiger partial charge on any atom is 0.252 e. The molecule has 0 unspecified atom stereocenters. The Labute approximate surface area is 141 Å². The van der Waals surface area contributed by atoms with Gasteiger partial charge in [-0.15, -0.1) is 11.3 Å². The lowest BCUT2D eigenvalue weighted by molar-refractivity contribution is 0.0731. The summed E-state index contributed by atoms with van der Waals surface area (Å²) in [5, 5.41) is 3.03. The Morgan fingerprint density at radius 3 is 2.78 bits per heavy atom. The normalized spacial score (nSPS) is 17.6. The van der Waals surface area contributed by atoms with Crippen LogP contribution in [0.5, 0.6) is 0 Å². The number of nitrogens with one attached hydrogen (secondary N) is 1. The van der Waals surface area contributed by atoms with Crippen LogP contribution in [0.15, 0.2) is 21.3 Å². The van der Waals surface area contributed by atoms with Gasteiger partial charge in [0.25, 0.3) is 10.0 Å². The average molecular weight is 361 g/mol. The Morgan fingerprint density at radius 2 is 2.13 bits per heavy atom. The highest BCUT2D eigenvalue weighted by Crippen LogP contribution is 2.26. The number of thiophene rings is 1. The van der Waals surface area contributed by atoms with Gasteiger partial charge in [0.15, 0.2) is 5.96 Å². The van der Waals surface area contributed by atoms with E-state index in [4.69, 9.17) is 10.5 Å². The van der Waals surface area contributed by atoms with Crippen molar-refractivity contribution in [2.24, 2.45) is 16.6 Å². The van der Waals surface area contributed by atoms with Gasteiger partial charge in [-0.2, -0.15) is 4.31 Å². The Balaban J connectivity index is 1.98. The molecule has 0 bridgehead atoms. The Kier molecular flexibility index (Phi) is 6.40. The van der Waals surface area contributed by atoms with Crippen molar-refractivity contribution >= 4 is 27.3 Å². The van der Waals surface area contributed by atoms with Crippen molar-refractivity contribution in [2.45, 2.75) is 24.6 Å². The fourth-order valence-corrected chi connectivity index (χ4v) is 4.87. The molecule has 0 atom stereocenters. The largest absolute Gasteiger partial charge is 0.379 e. The number of ether oxygens (including phenoxy) is 1. The van der Waals surface area contributed by atoms with E-state index in [1.165, 1.54) is 15.6 Å². The van der Waals surface area contributed by atoms with Crippen molar-refractivity contribution in [2.75, 3.05) is 32.8 Å². The lowest BCUT2D eigenvalue weighted by atomic mass is 10.2. The number of nitrogens with zero attached hydrogens (tertiary/aromatic N) is 2. The van der Waals surface area contributed by atoms with E-state index >= 15 is 0 Å². The number of hydrogen-bond donors (Lipinski definition) is 2. The van der Waals surface area contributed by atoms with Crippen molar-refractivity contribution < 1.29 is 13.2 Å². The molecule has 1 fully saturated rings. The standard InChI is InChI=1S/C14H24N4O3S2/c1-11(2)9-16-14(15)17-10-12-3-4-13(22-12)23(19,20)18-5-7-21-8-6-18/h3-4,11H,5-10H2,1-2H3,(H3,15,16,17). The number of rotatable bonds is 6. The van der Waals surface area contributed by atoms with Gasteiger partial charge in [0.05, 0.1) is 19.8 Å². The van der Waals surface area contributed by atoms with Crippen molar-refractivity contribution in [3.63, 3.8) is 0 Å². The first kappa shape index (κ1) is 18.2. The maximum absolute atomic E-state index is 12.5. The van der Waals surface area contributed by atoms with E-state index in [1.807, 2.05) is 0 Å². The van der Waals surface area contributed by atoms with E-state index in [-0.39, 0.29) is 0 Å². The van der Waals surface area contributed by atoms with Crippen molar-refractivity contribution in [1.29, 1.82) is 0 Å². The summed E-state index contributed by atoms with van der Waals surface area (Å²) in [6.07, 6.45) is 0. The first-order valence-electron chi connectivity index (χ1n) is 7.60. The molecule has 0 aliphatic carbocycles. The number of hydrogen-bond acceptors (Lipinski definition) is 5. The molecule has 9 heteroatoms. The van der Waals surface area contributed by atoms with Gasteiger partial charge in [-0.05, 0) is 18.1 Å². The molecular formula is C14H24N4O3S2. The molecule has 2 heterocycles. The Morgan fingerprint density at radius 1 is 1.43 bits per heavy atom. The topological polar surface area (TPSA) is 97.0 Å². The minimum atomic E-state index is -3.42. The molecule has 7 nitrogen and oxygen atoms in total. The molecule has 2 rings (SSSR count). The van der Waals surface area contributed by atoms with Gasteiger partial charge in [-0.25, -0.2) is 13.4 Å². The van der Waals surface area contributed by atoms with Crippen LogP contribution in [0.25, 0.3) is 0 Å². The molecule has 1 aliphatic rings. The number of sulfonamides is 1. The van der Waals surface area contributed by atoms with Gasteiger partial charge in [0.2, 0.25) is 0 Å². The zero-order chi connectivity index (χ0) is 16.9. The SMILES string of the molecule is CC(C)CNC(N)=NCc1ccc(S(=O)(=O)N2CCOCC2)s1. The third kappa shape index (κ3) is 5.17. The number of guanidine groups is 1. The minimum Gasteiger partial charge on any atom is -0.379 e. The van der Waals surface area contributed by atoms with E-state index < -0.39 is 10.0 Å². The van der Waals surface area contributed by atoms with E-state index in [2.05, 4.69) is 24.2 Å².